The first kappa shape index (κ1) is 26.5. The van der Waals surface area contributed by atoms with Gasteiger partial charge < -0.3 is 29.7 Å². The van der Waals surface area contributed by atoms with Gasteiger partial charge in [0, 0.05) is 26.2 Å². The van der Waals surface area contributed by atoms with Crippen molar-refractivity contribution >= 4 is 17.7 Å². The van der Waals surface area contributed by atoms with Gasteiger partial charge in [0.05, 0.1) is 30.7 Å². The Hall–Kier alpha value is -3.69. The number of nitrogens with one attached hydrogen (secondary N) is 2. The molecule has 2 aromatic rings. The van der Waals surface area contributed by atoms with Gasteiger partial charge in [-0.2, -0.15) is 0 Å². The van der Waals surface area contributed by atoms with E-state index >= 15 is 0 Å². The Morgan fingerprint density at radius 3 is 2.38 bits per heavy atom. The van der Waals surface area contributed by atoms with Gasteiger partial charge in [0.1, 0.15) is 17.4 Å². The summed E-state index contributed by atoms with van der Waals surface area (Å²) in [5, 5.41) is 6.03. The van der Waals surface area contributed by atoms with E-state index in [-0.39, 0.29) is 30.4 Å². The lowest BCUT2D eigenvalue weighted by molar-refractivity contribution is -0.146. The molecule has 2 aromatic carbocycles. The summed E-state index contributed by atoms with van der Waals surface area (Å²) in [5.41, 5.74) is -0.370. The highest BCUT2D eigenvalue weighted by atomic mass is 16.5. The quantitative estimate of drug-likeness (QED) is 0.469. The lowest BCUT2D eigenvalue weighted by atomic mass is 9.70. The zero-order valence-electron chi connectivity index (χ0n) is 22.8. The number of likely N-dealkylation sites (tertiary alicyclic amines) is 1. The minimum Gasteiger partial charge on any atom is -0.497 e. The van der Waals surface area contributed by atoms with Crippen molar-refractivity contribution in [3.05, 3.63) is 77.9 Å². The molecule has 3 fully saturated rings. The van der Waals surface area contributed by atoms with Gasteiger partial charge in [-0.05, 0) is 43.0 Å². The van der Waals surface area contributed by atoms with Crippen molar-refractivity contribution in [2.24, 2.45) is 11.8 Å². The van der Waals surface area contributed by atoms with Crippen LogP contribution in [0.4, 0.5) is 0 Å². The molecule has 6 atom stereocenters. The van der Waals surface area contributed by atoms with Crippen LogP contribution in [0.3, 0.4) is 0 Å². The molecule has 210 valence electrons. The number of fused-ring (bicyclic) bond motifs is 1. The fourth-order valence-corrected chi connectivity index (χ4v) is 6.76. The summed E-state index contributed by atoms with van der Waals surface area (Å²) in [5.74, 6) is -1.67. The molecular formula is C31H35N3O6. The van der Waals surface area contributed by atoms with E-state index in [0.29, 0.717) is 19.7 Å². The van der Waals surface area contributed by atoms with Crippen LogP contribution in [-0.4, -0.2) is 66.2 Å². The molecule has 0 saturated carbocycles. The number of benzene rings is 2. The van der Waals surface area contributed by atoms with Gasteiger partial charge in [-0.3, -0.25) is 14.4 Å². The first-order chi connectivity index (χ1) is 19.3. The average Bonchev–Trinajstić information content (AvgIpc) is 3.72. The smallest absolute Gasteiger partial charge is 0.246 e. The summed E-state index contributed by atoms with van der Waals surface area (Å²) < 4.78 is 17.6. The molecule has 9 heteroatoms. The second-order valence-electron chi connectivity index (χ2n) is 11.2. The zero-order valence-corrected chi connectivity index (χ0v) is 22.8. The molecule has 2 N–H and O–H groups in total. The lowest BCUT2D eigenvalue weighted by Crippen LogP contribution is -2.55. The standard InChI is InChI=1S/C31H35N3O6/c1-30-14-15-31(40-30)25(24(30)27(35)32-18-21-10-12-22(38-2)13-11-21)29(37)34(19-23-9-6-16-39-23)26(31)28(36)33-17-20-7-4-3-5-8-20/h3-5,7-8,10-15,23-26H,6,9,16-19H2,1-2H3,(H,32,35)(H,33,36). The predicted molar refractivity (Wildman–Crippen MR) is 146 cm³/mol. The van der Waals surface area contributed by atoms with Crippen LogP contribution in [0, 0.1) is 11.8 Å². The van der Waals surface area contributed by atoms with E-state index in [1.54, 1.807) is 12.0 Å². The van der Waals surface area contributed by atoms with Crippen molar-refractivity contribution in [2.45, 2.75) is 56.2 Å². The molecule has 0 aliphatic carbocycles. The zero-order chi connectivity index (χ0) is 27.9. The van der Waals surface area contributed by atoms with Crippen LogP contribution < -0.4 is 15.4 Å². The highest BCUT2D eigenvalue weighted by molar-refractivity contribution is 6.00. The maximum Gasteiger partial charge on any atom is 0.246 e. The molecule has 6 unspecified atom stereocenters. The summed E-state index contributed by atoms with van der Waals surface area (Å²) in [4.78, 5) is 43.3. The van der Waals surface area contributed by atoms with Gasteiger partial charge in [0.25, 0.3) is 0 Å². The first-order valence-electron chi connectivity index (χ1n) is 13.9. The van der Waals surface area contributed by atoms with E-state index < -0.39 is 29.1 Å². The second-order valence-corrected chi connectivity index (χ2v) is 11.2. The number of carbonyl (C=O) groups excluding carboxylic acids is 3. The van der Waals surface area contributed by atoms with Crippen LogP contribution in [0.1, 0.15) is 30.9 Å². The number of methoxy groups -OCH3 is 1. The number of amides is 3. The number of carbonyl (C=O) groups is 3. The number of hydrogen-bond donors (Lipinski definition) is 2. The number of hydrogen-bond acceptors (Lipinski definition) is 6. The van der Waals surface area contributed by atoms with Gasteiger partial charge in [-0.1, -0.05) is 54.6 Å². The van der Waals surface area contributed by atoms with Crippen LogP contribution in [0.2, 0.25) is 0 Å². The Labute approximate surface area is 233 Å². The molecular weight excluding hydrogens is 510 g/mol. The van der Waals surface area contributed by atoms with E-state index in [1.165, 1.54) is 0 Å². The Morgan fingerprint density at radius 1 is 1.00 bits per heavy atom. The maximum atomic E-state index is 14.1. The number of rotatable bonds is 9. The predicted octanol–water partition coefficient (Wildman–Crippen LogP) is 2.35. The second kappa shape index (κ2) is 10.4. The van der Waals surface area contributed by atoms with E-state index in [1.807, 2.05) is 73.7 Å². The van der Waals surface area contributed by atoms with Crippen molar-refractivity contribution < 1.29 is 28.6 Å². The SMILES string of the molecule is COc1ccc(CNC(=O)C2C3C(=O)N(CC4CCCO4)C(C(=O)NCc4ccccc4)C34C=CC2(C)O4)cc1. The van der Waals surface area contributed by atoms with Crippen molar-refractivity contribution in [3.63, 3.8) is 0 Å². The van der Waals surface area contributed by atoms with Crippen LogP contribution in [0.5, 0.6) is 5.75 Å². The molecule has 4 aliphatic heterocycles. The third kappa shape index (κ3) is 4.47. The summed E-state index contributed by atoms with van der Waals surface area (Å²) in [6.45, 7) is 3.37. The Kier molecular flexibility index (Phi) is 6.88. The Morgan fingerprint density at radius 2 is 1.70 bits per heavy atom. The molecule has 40 heavy (non-hydrogen) atoms. The largest absolute Gasteiger partial charge is 0.497 e. The minimum atomic E-state index is -1.23. The minimum absolute atomic E-state index is 0.150. The third-order valence-corrected chi connectivity index (χ3v) is 8.69. The topological polar surface area (TPSA) is 106 Å². The van der Waals surface area contributed by atoms with Gasteiger partial charge in [-0.25, -0.2) is 0 Å². The van der Waals surface area contributed by atoms with Crippen molar-refractivity contribution in [1.82, 2.24) is 15.5 Å². The molecule has 6 rings (SSSR count). The molecule has 0 radical (unpaired) electrons. The van der Waals surface area contributed by atoms with Crippen LogP contribution in [0.15, 0.2) is 66.7 Å². The highest BCUT2D eigenvalue weighted by Gasteiger charge is 2.76. The van der Waals surface area contributed by atoms with Gasteiger partial charge in [-0.15, -0.1) is 0 Å². The van der Waals surface area contributed by atoms with E-state index in [0.717, 1.165) is 29.7 Å². The van der Waals surface area contributed by atoms with Crippen LogP contribution in [0.25, 0.3) is 0 Å². The number of ether oxygens (including phenoxy) is 3. The monoisotopic (exact) mass is 545 g/mol. The lowest BCUT2D eigenvalue weighted by Gasteiger charge is -2.34. The van der Waals surface area contributed by atoms with Crippen molar-refractivity contribution in [3.8, 4) is 5.75 Å². The molecule has 3 amide bonds. The normalized spacial score (nSPS) is 31.9. The fourth-order valence-electron chi connectivity index (χ4n) is 6.76. The van der Waals surface area contributed by atoms with Crippen LogP contribution in [-0.2, 0) is 36.9 Å². The molecule has 9 nitrogen and oxygen atoms in total. The molecule has 4 aliphatic rings. The summed E-state index contributed by atoms with van der Waals surface area (Å²) in [6, 6.07) is 16.2. The third-order valence-electron chi connectivity index (χ3n) is 8.69. The number of nitrogens with zero attached hydrogens (tertiary/aromatic N) is 1. The Balaban J connectivity index is 1.26. The average molecular weight is 546 g/mol. The van der Waals surface area contributed by atoms with E-state index in [2.05, 4.69) is 10.6 Å². The van der Waals surface area contributed by atoms with Gasteiger partial charge >= 0.3 is 0 Å². The van der Waals surface area contributed by atoms with Crippen molar-refractivity contribution in [2.75, 3.05) is 20.3 Å². The summed E-state index contributed by atoms with van der Waals surface area (Å²) in [7, 11) is 1.60. The first-order valence-corrected chi connectivity index (χ1v) is 13.9. The molecule has 4 heterocycles. The fraction of sp³-hybridized carbons (Fsp3) is 0.452. The Bertz CT molecular complexity index is 1310. The van der Waals surface area contributed by atoms with E-state index in [9.17, 15) is 14.4 Å². The van der Waals surface area contributed by atoms with Crippen LogP contribution >= 0.6 is 0 Å². The maximum absolute atomic E-state index is 14.1. The van der Waals surface area contributed by atoms with Gasteiger partial charge in [0.15, 0.2) is 0 Å². The summed E-state index contributed by atoms with van der Waals surface area (Å²) >= 11 is 0. The molecule has 1 spiro atoms. The summed E-state index contributed by atoms with van der Waals surface area (Å²) in [6.07, 6.45) is 5.27. The van der Waals surface area contributed by atoms with Gasteiger partial charge in [0.2, 0.25) is 17.7 Å². The van der Waals surface area contributed by atoms with Crippen molar-refractivity contribution in [1.29, 1.82) is 0 Å². The van der Waals surface area contributed by atoms with E-state index in [4.69, 9.17) is 14.2 Å². The molecule has 3 saturated heterocycles. The highest BCUT2D eigenvalue weighted by Crippen LogP contribution is 2.59. The molecule has 2 bridgehead atoms. The molecule has 0 aromatic heterocycles.